The van der Waals surface area contributed by atoms with E-state index in [2.05, 4.69) is 10.0 Å². The van der Waals surface area contributed by atoms with E-state index in [1.165, 1.54) is 6.07 Å². The van der Waals surface area contributed by atoms with Crippen LogP contribution in [0.2, 0.25) is 0 Å². The average molecular weight is 213 g/mol. The number of carboxylic acids is 1. The number of rotatable bonds is 2. The van der Waals surface area contributed by atoms with Crippen molar-refractivity contribution in [3.63, 3.8) is 0 Å². The zero-order valence-corrected chi connectivity index (χ0v) is 8.16. The Morgan fingerprint density at radius 1 is 1.25 bits per heavy atom. The van der Waals surface area contributed by atoms with Crippen molar-refractivity contribution in [1.82, 2.24) is 0 Å². The van der Waals surface area contributed by atoms with Crippen LogP contribution < -0.4 is 0 Å². The molecule has 0 bridgehead atoms. The molecule has 78 valence electrons. The number of aromatic carboxylic acids is 1. The highest BCUT2D eigenvalue weighted by molar-refractivity contribution is 6.08. The van der Waals surface area contributed by atoms with Crippen molar-refractivity contribution in [2.45, 2.75) is 0 Å². The van der Waals surface area contributed by atoms with Crippen molar-refractivity contribution in [1.29, 1.82) is 0 Å². The Kier molecular flexibility index (Phi) is 2.45. The first-order valence-electron chi connectivity index (χ1n) is 4.54. The molecule has 0 saturated carbocycles. The van der Waals surface area contributed by atoms with Gasteiger partial charge < -0.3 is 5.11 Å². The SMILES string of the molecule is [N-]=[N+]=Nc1ccc2ccccc2c1C(=O)O. The van der Waals surface area contributed by atoms with E-state index in [-0.39, 0.29) is 11.3 Å². The number of carboxylic acid groups (broad SMARTS) is 1. The zero-order valence-electron chi connectivity index (χ0n) is 8.16. The minimum Gasteiger partial charge on any atom is -0.478 e. The Labute approximate surface area is 90.6 Å². The lowest BCUT2D eigenvalue weighted by Crippen LogP contribution is -1.97. The van der Waals surface area contributed by atoms with E-state index in [4.69, 9.17) is 10.6 Å². The van der Waals surface area contributed by atoms with Gasteiger partial charge in [-0.15, -0.1) is 0 Å². The van der Waals surface area contributed by atoms with Crippen LogP contribution in [0, 0.1) is 0 Å². The van der Waals surface area contributed by atoms with Crippen LogP contribution in [-0.4, -0.2) is 11.1 Å². The fraction of sp³-hybridized carbons (Fsp3) is 0. The van der Waals surface area contributed by atoms with Crippen LogP contribution in [0.4, 0.5) is 5.69 Å². The summed E-state index contributed by atoms with van der Waals surface area (Å²) in [5.41, 5.74) is 8.53. The zero-order chi connectivity index (χ0) is 11.5. The first-order chi connectivity index (χ1) is 7.74. The maximum absolute atomic E-state index is 11.1. The normalized spacial score (nSPS) is 9.75. The van der Waals surface area contributed by atoms with Gasteiger partial charge in [0.2, 0.25) is 0 Å². The van der Waals surface area contributed by atoms with Crippen LogP contribution in [0.3, 0.4) is 0 Å². The van der Waals surface area contributed by atoms with Gasteiger partial charge in [0.1, 0.15) is 0 Å². The van der Waals surface area contributed by atoms with E-state index >= 15 is 0 Å². The van der Waals surface area contributed by atoms with Crippen LogP contribution >= 0.6 is 0 Å². The van der Waals surface area contributed by atoms with Crippen LogP contribution in [0.5, 0.6) is 0 Å². The molecular weight excluding hydrogens is 206 g/mol. The maximum atomic E-state index is 11.1. The first-order valence-corrected chi connectivity index (χ1v) is 4.54. The third-order valence-electron chi connectivity index (χ3n) is 2.27. The van der Waals surface area contributed by atoms with Crippen molar-refractivity contribution in [3.8, 4) is 0 Å². The second-order valence-corrected chi connectivity index (χ2v) is 3.18. The summed E-state index contributed by atoms with van der Waals surface area (Å²) >= 11 is 0. The largest absolute Gasteiger partial charge is 0.478 e. The highest BCUT2D eigenvalue weighted by Gasteiger charge is 2.12. The second kappa shape index (κ2) is 3.92. The quantitative estimate of drug-likeness (QED) is 0.470. The van der Waals surface area contributed by atoms with Crippen molar-refractivity contribution < 1.29 is 9.90 Å². The second-order valence-electron chi connectivity index (χ2n) is 3.18. The molecule has 0 radical (unpaired) electrons. The molecule has 16 heavy (non-hydrogen) atoms. The van der Waals surface area contributed by atoms with E-state index in [1.54, 1.807) is 18.2 Å². The van der Waals surface area contributed by atoms with Crippen molar-refractivity contribution in [2.24, 2.45) is 5.11 Å². The number of fused-ring (bicyclic) bond motifs is 1. The fourth-order valence-corrected chi connectivity index (χ4v) is 1.62. The minimum absolute atomic E-state index is 0.0379. The Bertz CT molecular complexity index is 616. The Balaban J connectivity index is 2.89. The van der Waals surface area contributed by atoms with Gasteiger partial charge in [0, 0.05) is 4.91 Å². The predicted molar refractivity (Wildman–Crippen MR) is 59.7 cm³/mol. The smallest absolute Gasteiger partial charge is 0.336 e. The summed E-state index contributed by atoms with van der Waals surface area (Å²) < 4.78 is 0. The van der Waals surface area contributed by atoms with E-state index in [0.29, 0.717) is 5.39 Å². The van der Waals surface area contributed by atoms with Crippen molar-refractivity contribution in [3.05, 3.63) is 52.4 Å². The average Bonchev–Trinajstić information content (AvgIpc) is 2.28. The molecule has 2 aromatic carbocycles. The molecule has 0 heterocycles. The van der Waals surface area contributed by atoms with E-state index < -0.39 is 5.97 Å². The van der Waals surface area contributed by atoms with Crippen LogP contribution in [0.25, 0.3) is 21.2 Å². The molecule has 0 amide bonds. The number of azide groups is 1. The van der Waals surface area contributed by atoms with Gasteiger partial charge in [0.15, 0.2) is 0 Å². The highest BCUT2D eigenvalue weighted by Crippen LogP contribution is 2.28. The summed E-state index contributed by atoms with van der Waals surface area (Å²) in [7, 11) is 0. The minimum atomic E-state index is -1.10. The number of hydrogen-bond acceptors (Lipinski definition) is 2. The lowest BCUT2D eigenvalue weighted by molar-refractivity contribution is 0.0700. The first kappa shape index (κ1) is 10.0. The summed E-state index contributed by atoms with van der Waals surface area (Å²) in [5.74, 6) is -1.10. The summed E-state index contributed by atoms with van der Waals surface area (Å²) in [6, 6.07) is 10.3. The molecule has 0 fully saturated rings. The third-order valence-corrected chi connectivity index (χ3v) is 2.27. The third kappa shape index (κ3) is 1.55. The molecule has 0 aromatic heterocycles. The predicted octanol–water partition coefficient (Wildman–Crippen LogP) is 3.48. The van der Waals surface area contributed by atoms with Gasteiger partial charge in [-0.1, -0.05) is 41.5 Å². The van der Waals surface area contributed by atoms with E-state index in [0.717, 1.165) is 5.39 Å². The highest BCUT2D eigenvalue weighted by atomic mass is 16.4. The topological polar surface area (TPSA) is 86.1 Å². The maximum Gasteiger partial charge on any atom is 0.336 e. The molecule has 5 nitrogen and oxygen atoms in total. The van der Waals surface area contributed by atoms with Gasteiger partial charge in [-0.3, -0.25) is 0 Å². The molecule has 0 unspecified atom stereocenters. The number of hydrogen-bond donors (Lipinski definition) is 1. The van der Waals surface area contributed by atoms with Crippen LogP contribution in [0.1, 0.15) is 10.4 Å². The molecule has 2 rings (SSSR count). The number of carbonyl (C=O) groups is 1. The molecule has 0 aliphatic rings. The molecule has 0 spiro atoms. The standard InChI is InChI=1S/C11H7N3O2/c12-14-13-9-6-5-7-3-1-2-4-8(7)10(9)11(15)16/h1-6H,(H,15,16). The van der Waals surface area contributed by atoms with Gasteiger partial charge >= 0.3 is 5.97 Å². The van der Waals surface area contributed by atoms with Crippen molar-refractivity contribution in [2.75, 3.05) is 0 Å². The molecule has 5 heteroatoms. The summed E-state index contributed by atoms with van der Waals surface area (Å²) in [4.78, 5) is 13.7. The molecule has 0 atom stereocenters. The van der Waals surface area contributed by atoms with Gasteiger partial charge in [-0.2, -0.15) is 0 Å². The summed E-state index contributed by atoms with van der Waals surface area (Å²) in [6.07, 6.45) is 0. The van der Waals surface area contributed by atoms with E-state index in [9.17, 15) is 4.79 Å². The van der Waals surface area contributed by atoms with Gasteiger partial charge in [-0.05, 0) is 16.3 Å². The molecule has 2 aromatic rings. The van der Waals surface area contributed by atoms with E-state index in [1.807, 2.05) is 12.1 Å². The molecule has 0 aliphatic heterocycles. The lowest BCUT2D eigenvalue weighted by atomic mass is 10.0. The Morgan fingerprint density at radius 3 is 2.69 bits per heavy atom. The van der Waals surface area contributed by atoms with Gasteiger partial charge in [-0.25, -0.2) is 4.79 Å². The fourth-order valence-electron chi connectivity index (χ4n) is 1.62. The lowest BCUT2D eigenvalue weighted by Gasteiger charge is -2.04. The molecule has 1 N–H and O–H groups in total. The molecule has 0 aliphatic carbocycles. The number of nitrogens with zero attached hydrogens (tertiary/aromatic N) is 3. The molecule has 0 saturated heterocycles. The Hall–Kier alpha value is -2.52. The van der Waals surface area contributed by atoms with Crippen LogP contribution in [-0.2, 0) is 0 Å². The summed E-state index contributed by atoms with van der Waals surface area (Å²) in [6.45, 7) is 0. The number of benzene rings is 2. The van der Waals surface area contributed by atoms with Crippen LogP contribution in [0.15, 0.2) is 41.5 Å². The monoisotopic (exact) mass is 213 g/mol. The summed E-state index contributed by atoms with van der Waals surface area (Å²) in [5, 5.41) is 13.9. The molecular formula is C11H7N3O2. The van der Waals surface area contributed by atoms with Gasteiger partial charge in [0.05, 0.1) is 11.3 Å². The van der Waals surface area contributed by atoms with Crippen molar-refractivity contribution >= 4 is 22.4 Å². The van der Waals surface area contributed by atoms with Gasteiger partial charge in [0.25, 0.3) is 0 Å². The Morgan fingerprint density at radius 2 is 2.00 bits per heavy atom.